The highest BCUT2D eigenvalue weighted by atomic mass is 79.9. The summed E-state index contributed by atoms with van der Waals surface area (Å²) in [6, 6.07) is 1.64. The molecule has 2 rings (SSSR count). The van der Waals surface area contributed by atoms with Gasteiger partial charge in [-0.2, -0.15) is 5.10 Å². The second-order valence-corrected chi connectivity index (χ2v) is 5.82. The van der Waals surface area contributed by atoms with Crippen LogP contribution in [0.5, 0.6) is 0 Å². The summed E-state index contributed by atoms with van der Waals surface area (Å²) in [5, 5.41) is 8.80. The molecule has 0 aliphatic carbocycles. The van der Waals surface area contributed by atoms with Crippen molar-refractivity contribution in [3.05, 3.63) is 33.5 Å². The van der Waals surface area contributed by atoms with Crippen LogP contribution in [0, 0.1) is 0 Å². The number of carbonyl (C=O) groups is 1. The summed E-state index contributed by atoms with van der Waals surface area (Å²) in [4.78, 5) is 15.6. The summed E-state index contributed by atoms with van der Waals surface area (Å²) >= 11 is 4.98. The van der Waals surface area contributed by atoms with Crippen molar-refractivity contribution in [2.45, 2.75) is 19.5 Å². The van der Waals surface area contributed by atoms with Crippen LogP contribution in [0.2, 0.25) is 0 Å². The summed E-state index contributed by atoms with van der Waals surface area (Å²) in [7, 11) is 0. The molecule has 90 valence electrons. The molecule has 2 aromatic heterocycles. The minimum Gasteiger partial charge on any atom is -0.350 e. The zero-order valence-corrected chi connectivity index (χ0v) is 11.5. The Hall–Kier alpha value is -1.21. The Bertz CT molecular complexity index is 496. The van der Waals surface area contributed by atoms with Crippen LogP contribution < -0.4 is 5.32 Å². The van der Waals surface area contributed by atoms with Crippen LogP contribution in [0.15, 0.2) is 27.9 Å². The van der Waals surface area contributed by atoms with Gasteiger partial charge in [0, 0.05) is 6.54 Å². The van der Waals surface area contributed by atoms with Crippen LogP contribution in [-0.4, -0.2) is 20.7 Å². The van der Waals surface area contributed by atoms with Gasteiger partial charge in [-0.15, -0.1) is 11.3 Å². The molecule has 7 heteroatoms. The Morgan fingerprint density at radius 1 is 1.71 bits per heavy atom. The third-order valence-corrected chi connectivity index (χ3v) is 3.85. The van der Waals surface area contributed by atoms with Crippen LogP contribution in [0.25, 0.3) is 0 Å². The van der Waals surface area contributed by atoms with E-state index in [2.05, 4.69) is 31.3 Å². The number of rotatable bonds is 4. The topological polar surface area (TPSA) is 59.8 Å². The van der Waals surface area contributed by atoms with Crippen molar-refractivity contribution < 1.29 is 4.79 Å². The van der Waals surface area contributed by atoms with Gasteiger partial charge in [-0.05, 0) is 39.9 Å². The van der Waals surface area contributed by atoms with Gasteiger partial charge in [0.2, 0.25) is 5.91 Å². The highest BCUT2D eigenvalue weighted by Gasteiger charge is 2.14. The van der Waals surface area contributed by atoms with Crippen LogP contribution in [0.3, 0.4) is 0 Å². The van der Waals surface area contributed by atoms with Crippen molar-refractivity contribution in [3.8, 4) is 0 Å². The maximum absolute atomic E-state index is 11.8. The summed E-state index contributed by atoms with van der Waals surface area (Å²) in [5.74, 6) is -0.0715. The van der Waals surface area contributed by atoms with E-state index in [-0.39, 0.29) is 11.9 Å². The molecule has 2 aromatic rings. The predicted molar refractivity (Wildman–Crippen MR) is 68.6 cm³/mol. The highest BCUT2D eigenvalue weighted by molar-refractivity contribution is 9.11. The van der Waals surface area contributed by atoms with Crippen LogP contribution in [0.4, 0.5) is 0 Å². The molecule has 0 fully saturated rings. The highest BCUT2D eigenvalue weighted by Crippen LogP contribution is 2.20. The van der Waals surface area contributed by atoms with Gasteiger partial charge in [0.05, 0.1) is 3.79 Å². The van der Waals surface area contributed by atoms with Gasteiger partial charge < -0.3 is 5.32 Å². The Balaban J connectivity index is 1.89. The molecular weight excluding hydrogens is 304 g/mol. The first-order valence-electron chi connectivity index (χ1n) is 5.01. The van der Waals surface area contributed by atoms with E-state index >= 15 is 0 Å². The number of hydrogen-bond acceptors (Lipinski definition) is 4. The molecule has 0 aliphatic rings. The molecule has 1 atom stereocenters. The second-order valence-electron chi connectivity index (χ2n) is 3.53. The monoisotopic (exact) mass is 314 g/mol. The lowest BCUT2D eigenvalue weighted by Gasteiger charge is -2.11. The number of amides is 1. The first-order valence-corrected chi connectivity index (χ1v) is 6.69. The van der Waals surface area contributed by atoms with Gasteiger partial charge in [-0.3, -0.25) is 4.79 Å². The van der Waals surface area contributed by atoms with Crippen molar-refractivity contribution in [2.24, 2.45) is 0 Å². The van der Waals surface area contributed by atoms with Crippen molar-refractivity contribution in [1.29, 1.82) is 0 Å². The molecule has 0 radical (unpaired) electrons. The second kappa shape index (κ2) is 5.42. The quantitative estimate of drug-likeness (QED) is 0.938. The number of halogens is 1. The molecule has 0 aromatic carbocycles. The zero-order valence-electron chi connectivity index (χ0n) is 9.13. The Morgan fingerprint density at radius 2 is 2.53 bits per heavy atom. The van der Waals surface area contributed by atoms with E-state index in [0.717, 1.165) is 9.35 Å². The van der Waals surface area contributed by atoms with E-state index in [4.69, 9.17) is 0 Å². The number of hydrogen-bond donors (Lipinski definition) is 1. The number of aromatic nitrogens is 3. The van der Waals surface area contributed by atoms with Crippen LogP contribution >= 0.6 is 27.3 Å². The SMILES string of the molecule is C[C@@H](C(=O)NCc1csc(Br)c1)n1cncn1. The molecule has 1 amide bonds. The molecule has 0 spiro atoms. The normalized spacial score (nSPS) is 12.4. The van der Waals surface area contributed by atoms with E-state index in [1.54, 1.807) is 18.3 Å². The number of carbonyl (C=O) groups excluding carboxylic acids is 1. The molecule has 17 heavy (non-hydrogen) atoms. The van der Waals surface area contributed by atoms with Crippen molar-refractivity contribution in [2.75, 3.05) is 0 Å². The van der Waals surface area contributed by atoms with E-state index < -0.39 is 0 Å². The summed E-state index contributed by atoms with van der Waals surface area (Å²) in [6.45, 7) is 2.31. The molecule has 0 unspecified atom stereocenters. The minimum atomic E-state index is -0.348. The van der Waals surface area contributed by atoms with Gasteiger partial charge in [-0.25, -0.2) is 9.67 Å². The number of nitrogens with one attached hydrogen (secondary N) is 1. The summed E-state index contributed by atoms with van der Waals surface area (Å²) in [5.41, 5.74) is 1.08. The Morgan fingerprint density at radius 3 is 3.12 bits per heavy atom. The molecule has 0 aliphatic heterocycles. The average Bonchev–Trinajstić information content (AvgIpc) is 2.95. The first-order chi connectivity index (χ1) is 8.16. The van der Waals surface area contributed by atoms with Gasteiger partial charge in [0.1, 0.15) is 18.7 Å². The largest absolute Gasteiger partial charge is 0.350 e. The van der Waals surface area contributed by atoms with Crippen molar-refractivity contribution in [1.82, 2.24) is 20.1 Å². The standard InChI is InChI=1S/C10H11BrN4OS/c1-7(15-6-12-5-14-15)10(16)13-3-8-2-9(11)17-4-8/h2,4-7H,3H2,1H3,(H,13,16)/t7-/m0/s1. The fraction of sp³-hybridized carbons (Fsp3) is 0.300. The molecule has 0 saturated heterocycles. The van der Waals surface area contributed by atoms with Gasteiger partial charge in [0.25, 0.3) is 0 Å². The molecule has 0 saturated carbocycles. The van der Waals surface area contributed by atoms with E-state index in [1.807, 2.05) is 11.4 Å². The first kappa shape index (κ1) is 12.3. The maximum Gasteiger partial charge on any atom is 0.244 e. The lowest BCUT2D eigenvalue weighted by Crippen LogP contribution is -2.30. The smallest absolute Gasteiger partial charge is 0.244 e. The predicted octanol–water partition coefficient (Wildman–Crippen LogP) is 1.98. The fourth-order valence-electron chi connectivity index (χ4n) is 1.31. The van der Waals surface area contributed by atoms with Gasteiger partial charge in [-0.1, -0.05) is 0 Å². The van der Waals surface area contributed by atoms with Crippen LogP contribution in [0.1, 0.15) is 18.5 Å². The van der Waals surface area contributed by atoms with Crippen LogP contribution in [-0.2, 0) is 11.3 Å². The van der Waals surface area contributed by atoms with Gasteiger partial charge >= 0.3 is 0 Å². The third-order valence-electron chi connectivity index (χ3n) is 2.30. The lowest BCUT2D eigenvalue weighted by atomic mass is 10.3. The van der Waals surface area contributed by atoms with Crippen molar-refractivity contribution in [3.63, 3.8) is 0 Å². The van der Waals surface area contributed by atoms with E-state index in [1.165, 1.54) is 17.3 Å². The fourth-order valence-corrected chi connectivity index (χ4v) is 2.52. The maximum atomic E-state index is 11.8. The lowest BCUT2D eigenvalue weighted by molar-refractivity contribution is -0.124. The summed E-state index contributed by atoms with van der Waals surface area (Å²) in [6.07, 6.45) is 2.95. The molecule has 0 bridgehead atoms. The summed E-state index contributed by atoms with van der Waals surface area (Å²) < 4.78 is 2.59. The third kappa shape index (κ3) is 3.13. The van der Waals surface area contributed by atoms with Gasteiger partial charge in [0.15, 0.2) is 0 Å². The molecule has 2 heterocycles. The van der Waals surface area contributed by atoms with E-state index in [0.29, 0.717) is 6.54 Å². The van der Waals surface area contributed by atoms with E-state index in [9.17, 15) is 4.79 Å². The average molecular weight is 315 g/mol. The zero-order chi connectivity index (χ0) is 12.3. The molecule has 1 N–H and O–H groups in total. The Labute approximate surface area is 111 Å². The Kier molecular flexibility index (Phi) is 3.90. The number of thiophene rings is 1. The minimum absolute atomic E-state index is 0.0715. The molecule has 5 nitrogen and oxygen atoms in total. The number of nitrogens with zero attached hydrogens (tertiary/aromatic N) is 3. The molecular formula is C10H11BrN4OS. The van der Waals surface area contributed by atoms with Crippen molar-refractivity contribution >= 4 is 33.2 Å².